The summed E-state index contributed by atoms with van der Waals surface area (Å²) >= 11 is 1.64. The van der Waals surface area contributed by atoms with Gasteiger partial charge < -0.3 is 5.32 Å². The molecule has 0 bridgehead atoms. The molecule has 3 aromatic rings. The minimum atomic E-state index is 0.0381. The molecule has 0 amide bonds. The number of pyridine rings is 1. The fourth-order valence-corrected chi connectivity index (χ4v) is 2.62. The van der Waals surface area contributed by atoms with E-state index in [0.29, 0.717) is 0 Å². The van der Waals surface area contributed by atoms with Crippen molar-refractivity contribution in [2.24, 2.45) is 0 Å². The van der Waals surface area contributed by atoms with Gasteiger partial charge in [0.05, 0.1) is 0 Å². The number of hydrogen-bond donors (Lipinski definition) is 1. The van der Waals surface area contributed by atoms with Crippen molar-refractivity contribution in [1.82, 2.24) is 9.97 Å². The van der Waals surface area contributed by atoms with E-state index in [1.54, 1.807) is 17.5 Å². The lowest BCUT2D eigenvalue weighted by Gasteiger charge is -2.17. The van der Waals surface area contributed by atoms with E-state index in [1.807, 2.05) is 48.0 Å². The Morgan fingerprint density at radius 2 is 1.74 bits per heavy atom. The van der Waals surface area contributed by atoms with Crippen LogP contribution >= 0.6 is 11.3 Å². The van der Waals surface area contributed by atoms with Crippen molar-refractivity contribution < 1.29 is 0 Å². The third-order valence-electron chi connectivity index (χ3n) is 2.79. The van der Waals surface area contributed by atoms with Crippen LogP contribution in [0.1, 0.15) is 16.6 Å². The smallest absolute Gasteiger partial charge is 0.126 e. The Balaban J connectivity index is 1.94. The summed E-state index contributed by atoms with van der Waals surface area (Å²) in [6.07, 6.45) is 3.61. The Morgan fingerprint density at radius 1 is 0.895 bits per heavy atom. The molecule has 0 aliphatic carbocycles. The Bertz CT molecular complexity index is 608. The van der Waals surface area contributed by atoms with Crippen LogP contribution in [-0.2, 0) is 0 Å². The summed E-state index contributed by atoms with van der Waals surface area (Å²) < 4.78 is 0. The summed E-state index contributed by atoms with van der Waals surface area (Å²) in [5, 5.41) is 6.46. The molecule has 2 heterocycles. The molecule has 0 radical (unpaired) electrons. The average Bonchev–Trinajstić information content (AvgIpc) is 3.01. The second-order valence-corrected chi connectivity index (χ2v) is 5.00. The molecule has 2 aromatic heterocycles. The molecule has 0 aliphatic rings. The third kappa shape index (κ3) is 2.80. The van der Waals surface area contributed by atoms with Crippen molar-refractivity contribution in [1.29, 1.82) is 0 Å². The lowest BCUT2D eigenvalue weighted by molar-refractivity contribution is 0.910. The lowest BCUT2D eigenvalue weighted by atomic mass is 10.1. The summed E-state index contributed by atoms with van der Waals surface area (Å²) in [4.78, 5) is 8.74. The highest BCUT2D eigenvalue weighted by Crippen LogP contribution is 2.27. The van der Waals surface area contributed by atoms with Gasteiger partial charge in [-0.05, 0) is 17.7 Å². The Hall–Kier alpha value is -2.20. The van der Waals surface area contributed by atoms with Crippen molar-refractivity contribution in [3.63, 3.8) is 0 Å². The van der Waals surface area contributed by atoms with Crippen molar-refractivity contribution in [3.8, 4) is 0 Å². The molecule has 0 spiro atoms. The number of nitrogens with zero attached hydrogens (tertiary/aromatic N) is 2. The normalized spacial score (nSPS) is 12.0. The highest BCUT2D eigenvalue weighted by molar-refractivity contribution is 7.09. The van der Waals surface area contributed by atoms with Crippen LogP contribution < -0.4 is 5.32 Å². The van der Waals surface area contributed by atoms with Crippen LogP contribution in [0.3, 0.4) is 0 Å². The molecule has 4 heteroatoms. The summed E-state index contributed by atoms with van der Waals surface area (Å²) in [7, 11) is 0. The van der Waals surface area contributed by atoms with E-state index in [4.69, 9.17) is 0 Å². The Morgan fingerprint density at radius 3 is 2.42 bits per heavy atom. The van der Waals surface area contributed by atoms with Gasteiger partial charge in [-0.3, -0.25) is 0 Å². The minimum absolute atomic E-state index is 0.0381. The van der Waals surface area contributed by atoms with Crippen LogP contribution in [0.15, 0.2) is 66.3 Å². The van der Waals surface area contributed by atoms with Gasteiger partial charge in [0.25, 0.3) is 0 Å². The van der Waals surface area contributed by atoms with Gasteiger partial charge in [-0.1, -0.05) is 36.4 Å². The summed E-state index contributed by atoms with van der Waals surface area (Å²) in [5.74, 6) is 0.853. The zero-order valence-corrected chi connectivity index (χ0v) is 11.0. The number of benzene rings is 1. The standard InChI is InChI=1S/C15H13N3S/c1-2-6-12(7-3-1)14(15-17-10-11-19-15)18-13-8-4-5-9-16-13/h1-11,14H,(H,16,18). The number of nitrogens with one attached hydrogen (secondary N) is 1. The van der Waals surface area contributed by atoms with E-state index >= 15 is 0 Å². The van der Waals surface area contributed by atoms with Crippen molar-refractivity contribution in [3.05, 3.63) is 76.9 Å². The van der Waals surface area contributed by atoms with Crippen molar-refractivity contribution in [2.45, 2.75) is 6.04 Å². The molecule has 1 unspecified atom stereocenters. The molecule has 1 N–H and O–H groups in total. The van der Waals surface area contributed by atoms with E-state index in [1.165, 1.54) is 5.56 Å². The predicted octanol–water partition coefficient (Wildman–Crippen LogP) is 3.74. The monoisotopic (exact) mass is 267 g/mol. The van der Waals surface area contributed by atoms with Gasteiger partial charge in [0.1, 0.15) is 16.9 Å². The van der Waals surface area contributed by atoms with Gasteiger partial charge in [0, 0.05) is 17.8 Å². The van der Waals surface area contributed by atoms with Crippen molar-refractivity contribution in [2.75, 3.05) is 5.32 Å². The summed E-state index contributed by atoms with van der Waals surface area (Å²) in [6.45, 7) is 0. The van der Waals surface area contributed by atoms with E-state index in [9.17, 15) is 0 Å². The molecule has 94 valence electrons. The third-order valence-corrected chi connectivity index (χ3v) is 3.63. The lowest BCUT2D eigenvalue weighted by Crippen LogP contribution is -2.12. The van der Waals surface area contributed by atoms with Gasteiger partial charge in [0.2, 0.25) is 0 Å². The topological polar surface area (TPSA) is 37.8 Å². The first-order valence-corrected chi connectivity index (χ1v) is 6.93. The molecule has 1 atom stereocenters. The number of rotatable bonds is 4. The van der Waals surface area contributed by atoms with Crippen LogP contribution in [-0.4, -0.2) is 9.97 Å². The second-order valence-electron chi connectivity index (χ2n) is 4.07. The van der Waals surface area contributed by atoms with E-state index in [-0.39, 0.29) is 6.04 Å². The first-order valence-electron chi connectivity index (χ1n) is 6.05. The number of aromatic nitrogens is 2. The summed E-state index contributed by atoms with van der Waals surface area (Å²) in [5.41, 5.74) is 1.18. The van der Waals surface area contributed by atoms with Gasteiger partial charge >= 0.3 is 0 Å². The van der Waals surface area contributed by atoms with Crippen LogP contribution in [0.25, 0.3) is 0 Å². The average molecular weight is 267 g/mol. The van der Waals surface area contributed by atoms with E-state index < -0.39 is 0 Å². The molecular weight excluding hydrogens is 254 g/mol. The highest BCUT2D eigenvalue weighted by Gasteiger charge is 2.16. The van der Waals surface area contributed by atoms with Gasteiger partial charge in [-0.15, -0.1) is 11.3 Å². The fraction of sp³-hybridized carbons (Fsp3) is 0.0667. The highest BCUT2D eigenvalue weighted by atomic mass is 32.1. The Labute approximate surface area is 116 Å². The molecule has 1 aromatic carbocycles. The SMILES string of the molecule is c1ccc(C(Nc2ccccn2)c2nccs2)cc1. The fourth-order valence-electron chi connectivity index (χ4n) is 1.91. The molecule has 0 saturated carbocycles. The van der Waals surface area contributed by atoms with Gasteiger partial charge in [0.15, 0.2) is 0 Å². The molecule has 0 fully saturated rings. The molecule has 3 rings (SSSR count). The molecule has 19 heavy (non-hydrogen) atoms. The molecule has 0 aliphatic heterocycles. The van der Waals surface area contributed by atoms with Gasteiger partial charge in [-0.2, -0.15) is 0 Å². The number of anilines is 1. The molecule has 3 nitrogen and oxygen atoms in total. The molecule has 0 saturated heterocycles. The first-order chi connectivity index (χ1) is 9.43. The van der Waals surface area contributed by atoms with Gasteiger partial charge in [-0.25, -0.2) is 9.97 Å². The number of thiazole rings is 1. The largest absolute Gasteiger partial charge is 0.357 e. The Kier molecular flexibility index (Phi) is 3.51. The van der Waals surface area contributed by atoms with Crippen molar-refractivity contribution >= 4 is 17.2 Å². The maximum absolute atomic E-state index is 4.42. The quantitative estimate of drug-likeness (QED) is 0.782. The molecular formula is C15H13N3S. The van der Waals surface area contributed by atoms with Crippen LogP contribution in [0.4, 0.5) is 5.82 Å². The van der Waals surface area contributed by atoms with Crippen LogP contribution in [0.2, 0.25) is 0 Å². The maximum Gasteiger partial charge on any atom is 0.126 e. The van der Waals surface area contributed by atoms with Crippen LogP contribution in [0, 0.1) is 0 Å². The summed E-state index contributed by atoms with van der Waals surface area (Å²) in [6, 6.07) is 16.2. The zero-order chi connectivity index (χ0) is 12.9. The predicted molar refractivity (Wildman–Crippen MR) is 78.3 cm³/mol. The maximum atomic E-state index is 4.42. The van der Waals surface area contributed by atoms with E-state index in [0.717, 1.165) is 10.8 Å². The second kappa shape index (κ2) is 5.63. The minimum Gasteiger partial charge on any atom is -0.357 e. The zero-order valence-electron chi connectivity index (χ0n) is 10.2. The van der Waals surface area contributed by atoms with E-state index in [2.05, 4.69) is 27.4 Å². The first kappa shape index (κ1) is 11.9. The van der Waals surface area contributed by atoms with Crippen LogP contribution in [0.5, 0.6) is 0 Å². The number of hydrogen-bond acceptors (Lipinski definition) is 4.